The van der Waals surface area contributed by atoms with Crippen molar-refractivity contribution in [1.29, 1.82) is 0 Å². The summed E-state index contributed by atoms with van der Waals surface area (Å²) in [6, 6.07) is 9.38. The molecule has 170 valence electrons. The molecule has 32 heavy (non-hydrogen) atoms. The van der Waals surface area contributed by atoms with E-state index in [2.05, 4.69) is 27.4 Å². The highest BCUT2D eigenvalue weighted by molar-refractivity contribution is 5.56. The first-order valence-corrected chi connectivity index (χ1v) is 10.8. The second-order valence-corrected chi connectivity index (χ2v) is 9.51. The van der Waals surface area contributed by atoms with E-state index in [1.54, 1.807) is 26.2 Å². The van der Waals surface area contributed by atoms with Crippen LogP contribution in [0.4, 0.5) is 0 Å². The molecule has 0 spiro atoms. The van der Waals surface area contributed by atoms with E-state index in [1.165, 1.54) is 0 Å². The average molecular weight is 439 g/mol. The van der Waals surface area contributed by atoms with Crippen LogP contribution in [0.5, 0.6) is 5.75 Å². The smallest absolute Gasteiger partial charge is 0.258 e. The molecular weight excluding hydrogens is 408 g/mol. The zero-order valence-electron chi connectivity index (χ0n) is 19.1. The van der Waals surface area contributed by atoms with E-state index in [0.29, 0.717) is 30.0 Å². The molecule has 0 aliphatic carbocycles. The van der Waals surface area contributed by atoms with Crippen molar-refractivity contribution in [1.82, 2.24) is 20.4 Å². The normalized spacial score (nSPS) is 17.6. The molecule has 3 N–H and O–H groups in total. The van der Waals surface area contributed by atoms with Crippen LogP contribution >= 0.6 is 0 Å². The number of ether oxygens (including phenoxy) is 1. The topological polar surface area (TPSA) is 114 Å². The molecule has 0 unspecified atom stereocenters. The molecule has 4 rings (SSSR count). The lowest BCUT2D eigenvalue weighted by atomic mass is 9.63. The Bertz CT molecular complexity index is 1080. The van der Waals surface area contributed by atoms with Gasteiger partial charge in [0.15, 0.2) is 0 Å². The second-order valence-electron chi connectivity index (χ2n) is 9.51. The number of hydrogen-bond acceptors (Lipinski definition) is 8. The Balaban J connectivity index is 1.76. The summed E-state index contributed by atoms with van der Waals surface area (Å²) in [5.74, 6) is 1.17. The number of pyridine rings is 1. The van der Waals surface area contributed by atoms with E-state index in [4.69, 9.17) is 9.26 Å². The van der Waals surface area contributed by atoms with Crippen LogP contribution in [0.15, 0.2) is 47.2 Å². The standard InChI is InChI=1S/C24H30N4O4/c1-15(2)31-19-8-6-17(7-9-19)24(30,23(5)13-26-14-23)18-10-16(11-25-12-18)20-27-21(32-28-20)22(3,4)29/h6-12,15,26,29-30H,13-14H2,1-5H3/t24-/m0/s1. The first-order valence-electron chi connectivity index (χ1n) is 10.8. The average Bonchev–Trinajstić information content (AvgIpc) is 3.22. The van der Waals surface area contributed by atoms with Crippen molar-refractivity contribution in [3.05, 3.63) is 59.7 Å². The van der Waals surface area contributed by atoms with Gasteiger partial charge in [0.1, 0.15) is 17.0 Å². The van der Waals surface area contributed by atoms with E-state index in [0.717, 1.165) is 11.3 Å². The third-order valence-corrected chi connectivity index (χ3v) is 5.91. The monoisotopic (exact) mass is 438 g/mol. The summed E-state index contributed by atoms with van der Waals surface area (Å²) in [4.78, 5) is 8.67. The minimum Gasteiger partial charge on any atom is -0.491 e. The highest BCUT2D eigenvalue weighted by atomic mass is 16.5. The molecule has 0 saturated carbocycles. The lowest BCUT2D eigenvalue weighted by Crippen LogP contribution is -2.63. The number of hydrogen-bond donors (Lipinski definition) is 3. The summed E-state index contributed by atoms with van der Waals surface area (Å²) in [5.41, 5.74) is -1.02. The molecule has 0 radical (unpaired) electrons. The minimum absolute atomic E-state index is 0.0673. The van der Waals surface area contributed by atoms with E-state index < -0.39 is 16.6 Å². The maximum Gasteiger partial charge on any atom is 0.258 e. The summed E-state index contributed by atoms with van der Waals surface area (Å²) in [7, 11) is 0. The van der Waals surface area contributed by atoms with E-state index in [-0.39, 0.29) is 12.0 Å². The van der Waals surface area contributed by atoms with Gasteiger partial charge in [-0.05, 0) is 51.5 Å². The van der Waals surface area contributed by atoms with Crippen molar-refractivity contribution < 1.29 is 19.5 Å². The lowest BCUT2D eigenvalue weighted by Gasteiger charge is -2.52. The third-order valence-electron chi connectivity index (χ3n) is 5.91. The Morgan fingerprint density at radius 3 is 2.31 bits per heavy atom. The number of aliphatic hydroxyl groups is 2. The Labute approximate surface area is 187 Å². The Morgan fingerprint density at radius 1 is 1.09 bits per heavy atom. The summed E-state index contributed by atoms with van der Waals surface area (Å²) in [6.45, 7) is 10.5. The van der Waals surface area contributed by atoms with Crippen molar-refractivity contribution >= 4 is 0 Å². The predicted molar refractivity (Wildman–Crippen MR) is 119 cm³/mol. The third kappa shape index (κ3) is 3.90. The van der Waals surface area contributed by atoms with Gasteiger partial charge < -0.3 is 24.8 Å². The molecule has 1 saturated heterocycles. The van der Waals surface area contributed by atoms with Crippen molar-refractivity contribution in [2.75, 3.05) is 13.1 Å². The van der Waals surface area contributed by atoms with Crippen LogP contribution in [0, 0.1) is 5.41 Å². The minimum atomic E-state index is -1.31. The largest absolute Gasteiger partial charge is 0.491 e. The van der Waals surface area contributed by atoms with Crippen molar-refractivity contribution in [3.8, 4) is 17.1 Å². The second kappa shape index (κ2) is 7.95. The van der Waals surface area contributed by atoms with E-state index in [9.17, 15) is 10.2 Å². The Hall–Kier alpha value is -2.81. The van der Waals surface area contributed by atoms with Crippen LogP contribution in [0.1, 0.15) is 51.6 Å². The fourth-order valence-electron chi connectivity index (χ4n) is 4.02. The van der Waals surface area contributed by atoms with E-state index in [1.807, 2.05) is 44.2 Å². The van der Waals surface area contributed by atoms with Crippen molar-refractivity contribution in [2.24, 2.45) is 5.41 Å². The molecule has 0 amide bonds. The molecule has 0 bridgehead atoms. The van der Waals surface area contributed by atoms with E-state index >= 15 is 0 Å². The number of nitrogens with one attached hydrogen (secondary N) is 1. The predicted octanol–water partition coefficient (Wildman–Crippen LogP) is 2.99. The van der Waals surface area contributed by atoms with Gasteiger partial charge in [-0.1, -0.05) is 24.2 Å². The van der Waals surface area contributed by atoms with Crippen LogP contribution in [0.3, 0.4) is 0 Å². The molecule has 8 nitrogen and oxygen atoms in total. The maximum atomic E-state index is 12.2. The van der Waals surface area contributed by atoms with Gasteiger partial charge in [0.2, 0.25) is 5.82 Å². The molecule has 1 aliphatic heterocycles. The zero-order valence-corrected chi connectivity index (χ0v) is 19.1. The van der Waals surface area contributed by atoms with Gasteiger partial charge in [0.05, 0.1) is 6.10 Å². The Kier molecular flexibility index (Phi) is 5.56. The molecule has 1 atom stereocenters. The van der Waals surface area contributed by atoms with Gasteiger partial charge in [-0.25, -0.2) is 0 Å². The molecule has 2 aromatic heterocycles. The highest BCUT2D eigenvalue weighted by Crippen LogP contribution is 2.48. The van der Waals surface area contributed by atoms with Crippen LogP contribution in [0.2, 0.25) is 0 Å². The highest BCUT2D eigenvalue weighted by Gasteiger charge is 2.53. The molecule has 3 heterocycles. The molecular formula is C24H30N4O4. The zero-order chi connectivity index (χ0) is 23.1. The van der Waals surface area contributed by atoms with Crippen LogP contribution in [-0.2, 0) is 11.2 Å². The summed E-state index contributed by atoms with van der Waals surface area (Å²) < 4.78 is 11.0. The van der Waals surface area contributed by atoms with Gasteiger partial charge in [0.25, 0.3) is 5.89 Å². The van der Waals surface area contributed by atoms with Crippen LogP contribution in [0.25, 0.3) is 11.4 Å². The summed E-state index contributed by atoms with van der Waals surface area (Å²) >= 11 is 0. The van der Waals surface area contributed by atoms with Crippen molar-refractivity contribution in [2.45, 2.75) is 51.9 Å². The maximum absolute atomic E-state index is 12.2. The number of rotatable bonds is 7. The van der Waals surface area contributed by atoms with Gasteiger partial charge in [-0.2, -0.15) is 4.98 Å². The van der Waals surface area contributed by atoms with Crippen LogP contribution < -0.4 is 10.1 Å². The SMILES string of the molecule is CC(C)Oc1ccc([C@](O)(c2cncc(-c3noc(C(C)(C)O)n3)c2)C2(C)CNC2)cc1. The quantitative estimate of drug-likeness (QED) is 0.516. The number of nitrogens with zero attached hydrogens (tertiary/aromatic N) is 3. The summed E-state index contributed by atoms with van der Waals surface area (Å²) in [5, 5.41) is 29.6. The fourth-order valence-corrected chi connectivity index (χ4v) is 4.02. The molecule has 1 aromatic carbocycles. The number of aromatic nitrogens is 3. The Morgan fingerprint density at radius 2 is 1.78 bits per heavy atom. The van der Waals surface area contributed by atoms with Gasteiger partial charge in [-0.15, -0.1) is 0 Å². The van der Waals surface area contributed by atoms with Crippen molar-refractivity contribution in [3.63, 3.8) is 0 Å². The number of benzene rings is 1. The first-order chi connectivity index (χ1) is 15.0. The van der Waals surface area contributed by atoms with Crippen LogP contribution in [-0.4, -0.2) is 44.5 Å². The summed E-state index contributed by atoms with van der Waals surface area (Å²) in [6.07, 6.45) is 3.35. The molecule has 8 heteroatoms. The van der Waals surface area contributed by atoms with Gasteiger partial charge >= 0.3 is 0 Å². The fraction of sp³-hybridized carbons (Fsp3) is 0.458. The van der Waals surface area contributed by atoms with Gasteiger partial charge in [0, 0.05) is 42.0 Å². The molecule has 1 aliphatic rings. The molecule has 1 fully saturated rings. The lowest BCUT2D eigenvalue weighted by molar-refractivity contribution is -0.0769. The molecule has 3 aromatic rings. The van der Waals surface area contributed by atoms with Gasteiger partial charge in [-0.3, -0.25) is 4.98 Å². The first kappa shape index (κ1) is 22.4.